The summed E-state index contributed by atoms with van der Waals surface area (Å²) in [5.74, 6) is 1.53. The molecule has 0 bridgehead atoms. The van der Waals surface area contributed by atoms with E-state index in [1.807, 2.05) is 24.8 Å². The first-order chi connectivity index (χ1) is 10.6. The van der Waals surface area contributed by atoms with Gasteiger partial charge in [0.25, 0.3) is 11.8 Å². The van der Waals surface area contributed by atoms with Gasteiger partial charge in [-0.1, -0.05) is 6.07 Å². The summed E-state index contributed by atoms with van der Waals surface area (Å²) in [5.41, 5.74) is 3.43. The fourth-order valence-electron chi connectivity index (χ4n) is 2.91. The number of ether oxygens (including phenoxy) is 1. The van der Waals surface area contributed by atoms with E-state index in [-0.39, 0.29) is 5.91 Å². The van der Waals surface area contributed by atoms with Gasteiger partial charge in [-0.15, -0.1) is 5.10 Å². The lowest BCUT2D eigenvalue weighted by atomic mass is 10.1. The smallest absolute Gasteiger partial charge is 0.264 e. The van der Waals surface area contributed by atoms with Gasteiger partial charge in [0, 0.05) is 6.54 Å². The molecule has 1 aliphatic heterocycles. The highest BCUT2D eigenvalue weighted by atomic mass is 16.5. The Labute approximate surface area is 128 Å². The van der Waals surface area contributed by atoms with Crippen LogP contribution in [0.4, 0.5) is 5.69 Å². The van der Waals surface area contributed by atoms with Gasteiger partial charge in [-0.25, -0.2) is 0 Å². The first-order valence-corrected chi connectivity index (χ1v) is 7.56. The van der Waals surface area contributed by atoms with Gasteiger partial charge >= 0.3 is 0 Å². The Hall–Kier alpha value is -2.43. The molecule has 2 aromatic rings. The zero-order valence-electron chi connectivity index (χ0n) is 12.7. The number of nitrogens with zero attached hydrogens (tertiary/aromatic N) is 3. The zero-order chi connectivity index (χ0) is 15.3. The molecule has 5 nitrogen and oxygen atoms in total. The highest BCUT2D eigenvalue weighted by Crippen LogP contribution is 2.42. The van der Waals surface area contributed by atoms with Crippen molar-refractivity contribution in [1.29, 1.82) is 0 Å². The first kappa shape index (κ1) is 13.2. The molecule has 0 unspecified atom stereocenters. The van der Waals surface area contributed by atoms with Crippen molar-refractivity contribution in [2.45, 2.75) is 26.7 Å². The number of rotatable bonds is 2. The summed E-state index contributed by atoms with van der Waals surface area (Å²) in [6.07, 6.45) is 3.90. The van der Waals surface area contributed by atoms with Crippen LogP contribution in [0.1, 0.15) is 34.3 Å². The van der Waals surface area contributed by atoms with E-state index < -0.39 is 0 Å². The summed E-state index contributed by atoms with van der Waals surface area (Å²) in [4.78, 5) is 14.8. The topological polar surface area (TPSA) is 55.3 Å². The first-order valence-electron chi connectivity index (χ1n) is 7.56. The van der Waals surface area contributed by atoms with E-state index in [9.17, 15) is 4.79 Å². The molecule has 2 heterocycles. The SMILES string of the molecule is Cc1cc(C)c2c(c1)N(CC1CC1)C(=O)c1ccnnc1O2. The molecule has 1 saturated carbocycles. The molecule has 2 aliphatic rings. The van der Waals surface area contributed by atoms with Gasteiger partial charge < -0.3 is 9.64 Å². The standard InChI is InChI=1S/C17H17N3O2/c1-10-7-11(2)15-14(8-10)20(9-12-3-4-12)17(21)13-5-6-18-19-16(13)22-15/h5-8,12H,3-4,9H2,1-2H3. The Morgan fingerprint density at radius 3 is 2.91 bits per heavy atom. The fourth-order valence-corrected chi connectivity index (χ4v) is 2.91. The molecule has 5 heteroatoms. The summed E-state index contributed by atoms with van der Waals surface area (Å²) >= 11 is 0. The number of anilines is 1. The lowest BCUT2D eigenvalue weighted by molar-refractivity contribution is 0.0985. The second-order valence-corrected chi connectivity index (χ2v) is 6.14. The van der Waals surface area contributed by atoms with Crippen LogP contribution in [-0.4, -0.2) is 22.6 Å². The number of carbonyl (C=O) groups excluding carboxylic acids is 1. The number of fused-ring (bicyclic) bond motifs is 2. The third-order valence-electron chi connectivity index (χ3n) is 4.19. The van der Waals surface area contributed by atoms with Crippen molar-refractivity contribution < 1.29 is 9.53 Å². The van der Waals surface area contributed by atoms with Crippen molar-refractivity contribution >= 4 is 11.6 Å². The average Bonchev–Trinajstić information content (AvgIpc) is 3.31. The predicted octanol–water partition coefficient (Wildman–Crippen LogP) is 3.26. The van der Waals surface area contributed by atoms with Crippen molar-refractivity contribution in [3.63, 3.8) is 0 Å². The molecule has 1 amide bonds. The van der Waals surface area contributed by atoms with Crippen LogP contribution in [-0.2, 0) is 0 Å². The van der Waals surface area contributed by atoms with E-state index in [0.717, 1.165) is 23.4 Å². The molecule has 0 N–H and O–H groups in total. The van der Waals surface area contributed by atoms with Crippen LogP contribution in [0.15, 0.2) is 24.4 Å². The van der Waals surface area contributed by atoms with Crippen molar-refractivity contribution in [1.82, 2.24) is 10.2 Å². The number of aromatic nitrogens is 2. The summed E-state index contributed by atoms with van der Waals surface area (Å²) in [6.45, 7) is 4.76. The Morgan fingerprint density at radius 2 is 2.14 bits per heavy atom. The van der Waals surface area contributed by atoms with Crippen molar-refractivity contribution in [2.75, 3.05) is 11.4 Å². The van der Waals surface area contributed by atoms with E-state index in [1.165, 1.54) is 19.0 Å². The summed E-state index contributed by atoms with van der Waals surface area (Å²) in [7, 11) is 0. The third kappa shape index (κ3) is 2.13. The van der Waals surface area contributed by atoms with Crippen LogP contribution < -0.4 is 9.64 Å². The van der Waals surface area contributed by atoms with Crippen LogP contribution >= 0.6 is 0 Å². The van der Waals surface area contributed by atoms with Crippen LogP contribution in [0.5, 0.6) is 11.6 Å². The molecule has 4 rings (SSSR count). The molecule has 112 valence electrons. The van der Waals surface area contributed by atoms with Crippen molar-refractivity contribution in [3.05, 3.63) is 41.1 Å². The van der Waals surface area contributed by atoms with Crippen LogP contribution in [0.25, 0.3) is 0 Å². The molecule has 0 spiro atoms. The van der Waals surface area contributed by atoms with Gasteiger partial charge in [0.2, 0.25) is 0 Å². The van der Waals surface area contributed by atoms with Crippen LogP contribution in [0.2, 0.25) is 0 Å². The Balaban J connectivity index is 1.92. The van der Waals surface area contributed by atoms with E-state index in [4.69, 9.17) is 4.74 Å². The zero-order valence-corrected chi connectivity index (χ0v) is 12.7. The van der Waals surface area contributed by atoms with Gasteiger partial charge in [-0.05, 0) is 55.9 Å². The number of hydrogen-bond acceptors (Lipinski definition) is 4. The van der Waals surface area contributed by atoms with E-state index in [2.05, 4.69) is 16.3 Å². The highest BCUT2D eigenvalue weighted by molar-refractivity contribution is 6.09. The minimum absolute atomic E-state index is 0.0550. The molecule has 1 fully saturated rings. The second-order valence-electron chi connectivity index (χ2n) is 6.14. The van der Waals surface area contributed by atoms with Gasteiger partial charge in [0.15, 0.2) is 5.75 Å². The largest absolute Gasteiger partial charge is 0.434 e. The minimum atomic E-state index is -0.0550. The van der Waals surface area contributed by atoms with E-state index in [1.54, 1.807) is 6.07 Å². The number of hydrogen-bond donors (Lipinski definition) is 0. The van der Waals surface area contributed by atoms with Crippen molar-refractivity contribution in [3.8, 4) is 11.6 Å². The number of benzene rings is 1. The summed E-state index contributed by atoms with van der Waals surface area (Å²) in [5, 5.41) is 7.85. The monoisotopic (exact) mass is 295 g/mol. The maximum absolute atomic E-state index is 13.0. The second kappa shape index (κ2) is 4.80. The molecule has 22 heavy (non-hydrogen) atoms. The Kier molecular flexibility index (Phi) is 2.89. The quantitative estimate of drug-likeness (QED) is 0.853. The maximum atomic E-state index is 13.0. The van der Waals surface area contributed by atoms with Gasteiger partial charge in [0.1, 0.15) is 5.56 Å². The molecule has 0 atom stereocenters. The van der Waals surface area contributed by atoms with Gasteiger partial charge in [-0.3, -0.25) is 4.79 Å². The fraction of sp³-hybridized carbons (Fsp3) is 0.353. The Bertz CT molecular complexity index is 768. The molecular weight excluding hydrogens is 278 g/mol. The molecule has 1 aromatic heterocycles. The molecule has 1 aromatic carbocycles. The highest BCUT2D eigenvalue weighted by Gasteiger charge is 2.34. The molecular formula is C17H17N3O2. The summed E-state index contributed by atoms with van der Waals surface area (Å²) < 4.78 is 5.95. The summed E-state index contributed by atoms with van der Waals surface area (Å²) in [6, 6.07) is 5.75. The predicted molar refractivity (Wildman–Crippen MR) is 82.4 cm³/mol. The van der Waals surface area contributed by atoms with Gasteiger partial charge in [0.05, 0.1) is 11.9 Å². The maximum Gasteiger partial charge on any atom is 0.264 e. The molecule has 1 aliphatic carbocycles. The van der Waals surface area contributed by atoms with Crippen LogP contribution in [0.3, 0.4) is 0 Å². The Morgan fingerprint density at radius 1 is 1.32 bits per heavy atom. The lowest BCUT2D eigenvalue weighted by Crippen LogP contribution is -2.32. The average molecular weight is 295 g/mol. The van der Waals surface area contributed by atoms with Crippen LogP contribution in [0, 0.1) is 19.8 Å². The van der Waals surface area contributed by atoms with Gasteiger partial charge in [-0.2, -0.15) is 5.10 Å². The van der Waals surface area contributed by atoms with E-state index >= 15 is 0 Å². The lowest BCUT2D eigenvalue weighted by Gasteiger charge is -2.23. The normalized spacial score (nSPS) is 16.6. The van der Waals surface area contributed by atoms with Crippen molar-refractivity contribution in [2.24, 2.45) is 5.92 Å². The molecule has 0 radical (unpaired) electrons. The molecule has 0 saturated heterocycles. The third-order valence-corrected chi connectivity index (χ3v) is 4.19. The number of amides is 1. The number of aryl methyl sites for hydroxylation is 2. The minimum Gasteiger partial charge on any atom is -0.434 e. The van der Waals surface area contributed by atoms with E-state index in [0.29, 0.717) is 23.1 Å². The number of carbonyl (C=O) groups is 1.